The standard InChI is InChI=1S/C12H14O/c1-8-7-9(2)12(13)11-6-4-3-5-10(8)11/h3-7,9,12-13H,1-2H3/t9-,12+/m1/s1. The van der Waals surface area contributed by atoms with Crippen LogP contribution in [0.3, 0.4) is 0 Å². The fourth-order valence-electron chi connectivity index (χ4n) is 1.97. The van der Waals surface area contributed by atoms with Crippen molar-refractivity contribution in [1.29, 1.82) is 0 Å². The molecule has 2 atom stereocenters. The van der Waals surface area contributed by atoms with Gasteiger partial charge in [0.1, 0.15) is 0 Å². The first kappa shape index (κ1) is 8.52. The summed E-state index contributed by atoms with van der Waals surface area (Å²) in [4.78, 5) is 0. The monoisotopic (exact) mass is 174 g/mol. The smallest absolute Gasteiger partial charge is 0.0856 e. The van der Waals surface area contributed by atoms with Crippen LogP contribution in [0.4, 0.5) is 0 Å². The van der Waals surface area contributed by atoms with E-state index in [1.54, 1.807) is 0 Å². The molecule has 0 aliphatic heterocycles. The highest BCUT2D eigenvalue weighted by molar-refractivity contribution is 5.69. The zero-order chi connectivity index (χ0) is 9.42. The second kappa shape index (κ2) is 3.00. The zero-order valence-electron chi connectivity index (χ0n) is 7.99. The van der Waals surface area contributed by atoms with Gasteiger partial charge in [-0.15, -0.1) is 0 Å². The second-order valence-corrected chi connectivity index (χ2v) is 3.74. The van der Waals surface area contributed by atoms with Crippen LogP contribution in [0.25, 0.3) is 5.57 Å². The van der Waals surface area contributed by atoms with E-state index in [9.17, 15) is 5.11 Å². The summed E-state index contributed by atoms with van der Waals surface area (Å²) in [6.07, 6.45) is 1.80. The average Bonchev–Trinajstić information content (AvgIpc) is 2.15. The van der Waals surface area contributed by atoms with Crippen molar-refractivity contribution >= 4 is 5.57 Å². The number of aliphatic hydroxyl groups is 1. The molecular formula is C12H14O. The highest BCUT2D eigenvalue weighted by Crippen LogP contribution is 2.35. The molecule has 0 unspecified atom stereocenters. The minimum atomic E-state index is -0.333. The number of hydrogen-bond acceptors (Lipinski definition) is 1. The van der Waals surface area contributed by atoms with E-state index < -0.39 is 0 Å². The first-order valence-electron chi connectivity index (χ1n) is 4.66. The van der Waals surface area contributed by atoms with Crippen LogP contribution in [0.15, 0.2) is 30.3 Å². The van der Waals surface area contributed by atoms with Crippen LogP contribution in [0.2, 0.25) is 0 Å². The molecule has 0 radical (unpaired) electrons. The normalized spacial score (nSPS) is 26.5. The predicted octanol–water partition coefficient (Wildman–Crippen LogP) is 2.77. The van der Waals surface area contributed by atoms with Crippen molar-refractivity contribution in [3.63, 3.8) is 0 Å². The van der Waals surface area contributed by atoms with Gasteiger partial charge in [-0.3, -0.25) is 0 Å². The molecular weight excluding hydrogens is 160 g/mol. The summed E-state index contributed by atoms with van der Waals surface area (Å²) in [6, 6.07) is 8.06. The molecule has 13 heavy (non-hydrogen) atoms. The summed E-state index contributed by atoms with van der Waals surface area (Å²) in [6.45, 7) is 4.14. The molecule has 68 valence electrons. The Hall–Kier alpha value is -1.08. The predicted molar refractivity (Wildman–Crippen MR) is 54.2 cm³/mol. The van der Waals surface area contributed by atoms with Crippen LogP contribution >= 0.6 is 0 Å². The molecule has 1 nitrogen and oxygen atoms in total. The molecule has 0 saturated carbocycles. The molecule has 1 aliphatic rings. The van der Waals surface area contributed by atoms with Crippen LogP contribution < -0.4 is 0 Å². The lowest BCUT2D eigenvalue weighted by atomic mass is 9.84. The van der Waals surface area contributed by atoms with E-state index >= 15 is 0 Å². The van der Waals surface area contributed by atoms with Crippen molar-refractivity contribution in [2.45, 2.75) is 20.0 Å². The van der Waals surface area contributed by atoms with Gasteiger partial charge >= 0.3 is 0 Å². The van der Waals surface area contributed by atoms with Gasteiger partial charge in [0.25, 0.3) is 0 Å². The summed E-state index contributed by atoms with van der Waals surface area (Å²) < 4.78 is 0. The average molecular weight is 174 g/mol. The quantitative estimate of drug-likeness (QED) is 0.641. The van der Waals surface area contributed by atoms with E-state index in [1.807, 2.05) is 25.1 Å². The Bertz CT molecular complexity index is 352. The first-order chi connectivity index (χ1) is 6.20. The van der Waals surface area contributed by atoms with Gasteiger partial charge in [-0.1, -0.05) is 37.3 Å². The van der Waals surface area contributed by atoms with Crippen molar-refractivity contribution in [3.8, 4) is 0 Å². The number of allylic oxidation sites excluding steroid dienone is 1. The molecule has 0 bridgehead atoms. The van der Waals surface area contributed by atoms with Crippen LogP contribution in [0.5, 0.6) is 0 Å². The van der Waals surface area contributed by atoms with Gasteiger partial charge in [-0.05, 0) is 23.6 Å². The Balaban J connectivity index is 2.58. The molecule has 1 heteroatoms. The maximum atomic E-state index is 9.90. The second-order valence-electron chi connectivity index (χ2n) is 3.74. The van der Waals surface area contributed by atoms with Gasteiger partial charge in [-0.2, -0.15) is 0 Å². The Labute approximate surface area is 78.7 Å². The highest BCUT2D eigenvalue weighted by Gasteiger charge is 2.22. The maximum Gasteiger partial charge on any atom is 0.0856 e. The van der Waals surface area contributed by atoms with Gasteiger partial charge in [-0.25, -0.2) is 0 Å². The molecule has 0 heterocycles. The Kier molecular flexibility index (Phi) is 1.97. The largest absolute Gasteiger partial charge is 0.388 e. The van der Waals surface area contributed by atoms with Crippen LogP contribution in [-0.2, 0) is 0 Å². The van der Waals surface area contributed by atoms with Crippen molar-refractivity contribution in [3.05, 3.63) is 41.5 Å². The molecule has 1 aromatic rings. The van der Waals surface area contributed by atoms with Crippen molar-refractivity contribution in [2.24, 2.45) is 5.92 Å². The lowest BCUT2D eigenvalue weighted by Crippen LogP contribution is -2.13. The molecule has 0 aromatic heterocycles. The van der Waals surface area contributed by atoms with Gasteiger partial charge in [0.15, 0.2) is 0 Å². The van der Waals surface area contributed by atoms with Gasteiger partial charge < -0.3 is 5.11 Å². The fourth-order valence-corrected chi connectivity index (χ4v) is 1.97. The lowest BCUT2D eigenvalue weighted by molar-refractivity contribution is 0.137. The van der Waals surface area contributed by atoms with Crippen LogP contribution in [0.1, 0.15) is 31.1 Å². The number of benzene rings is 1. The Morgan fingerprint density at radius 1 is 1.23 bits per heavy atom. The first-order valence-corrected chi connectivity index (χ1v) is 4.66. The van der Waals surface area contributed by atoms with Gasteiger partial charge in [0.05, 0.1) is 6.10 Å². The summed E-state index contributed by atoms with van der Waals surface area (Å²) in [5.74, 6) is 0.231. The molecule has 0 saturated heterocycles. The number of hydrogen-bond donors (Lipinski definition) is 1. The molecule has 0 amide bonds. The topological polar surface area (TPSA) is 20.2 Å². The van der Waals surface area contributed by atoms with Crippen molar-refractivity contribution < 1.29 is 5.11 Å². The molecule has 1 aromatic carbocycles. The minimum Gasteiger partial charge on any atom is -0.388 e. The minimum absolute atomic E-state index is 0.231. The Morgan fingerprint density at radius 2 is 1.92 bits per heavy atom. The summed E-state index contributed by atoms with van der Waals surface area (Å²) in [7, 11) is 0. The van der Waals surface area contributed by atoms with E-state index in [0.29, 0.717) is 0 Å². The number of aliphatic hydroxyl groups excluding tert-OH is 1. The van der Waals surface area contributed by atoms with Gasteiger partial charge in [0.2, 0.25) is 0 Å². The third-order valence-corrected chi connectivity index (χ3v) is 2.72. The lowest BCUT2D eigenvalue weighted by Gasteiger charge is -2.25. The molecule has 0 spiro atoms. The maximum absolute atomic E-state index is 9.90. The SMILES string of the molecule is CC1=C[C@@H](C)[C@H](O)c2ccccc21. The van der Waals surface area contributed by atoms with E-state index in [1.165, 1.54) is 11.1 Å². The molecule has 1 N–H and O–H groups in total. The summed E-state index contributed by atoms with van der Waals surface area (Å²) in [5.41, 5.74) is 3.52. The summed E-state index contributed by atoms with van der Waals surface area (Å²) in [5, 5.41) is 9.90. The van der Waals surface area contributed by atoms with E-state index in [-0.39, 0.29) is 12.0 Å². The van der Waals surface area contributed by atoms with Gasteiger partial charge in [0, 0.05) is 5.92 Å². The van der Waals surface area contributed by atoms with Crippen LogP contribution in [0, 0.1) is 5.92 Å². The van der Waals surface area contributed by atoms with E-state index in [2.05, 4.69) is 19.1 Å². The van der Waals surface area contributed by atoms with E-state index in [0.717, 1.165) is 5.56 Å². The fraction of sp³-hybridized carbons (Fsp3) is 0.333. The van der Waals surface area contributed by atoms with Crippen molar-refractivity contribution in [1.82, 2.24) is 0 Å². The van der Waals surface area contributed by atoms with Crippen LogP contribution in [-0.4, -0.2) is 5.11 Å². The third-order valence-electron chi connectivity index (χ3n) is 2.72. The van der Waals surface area contributed by atoms with Crippen molar-refractivity contribution in [2.75, 3.05) is 0 Å². The zero-order valence-corrected chi connectivity index (χ0v) is 7.99. The van der Waals surface area contributed by atoms with E-state index in [4.69, 9.17) is 0 Å². The third kappa shape index (κ3) is 1.29. The molecule has 2 rings (SSSR count). The molecule has 1 aliphatic carbocycles. The Morgan fingerprint density at radius 3 is 2.69 bits per heavy atom. The number of rotatable bonds is 0. The summed E-state index contributed by atoms with van der Waals surface area (Å²) >= 11 is 0. The highest BCUT2D eigenvalue weighted by atomic mass is 16.3. The number of fused-ring (bicyclic) bond motifs is 1. The molecule has 0 fully saturated rings.